The molecule has 0 saturated heterocycles. The fraction of sp³-hybridized carbons (Fsp3) is 0.778. The maximum Gasteiger partial charge on any atom is 0.240 e. The summed E-state index contributed by atoms with van der Waals surface area (Å²) in [5.74, 6) is 1.33. The maximum absolute atomic E-state index is 9.14. The molecule has 0 aliphatic carbocycles. The van der Waals surface area contributed by atoms with Gasteiger partial charge in [-0.3, -0.25) is 4.90 Å². The van der Waals surface area contributed by atoms with Crippen molar-refractivity contribution in [2.45, 2.75) is 32.9 Å². The highest BCUT2D eigenvalue weighted by molar-refractivity contribution is 4.85. The van der Waals surface area contributed by atoms with Crippen molar-refractivity contribution in [3.63, 3.8) is 0 Å². The van der Waals surface area contributed by atoms with E-state index in [1.54, 1.807) is 6.92 Å². The van der Waals surface area contributed by atoms with Crippen LogP contribution in [0.2, 0.25) is 0 Å². The van der Waals surface area contributed by atoms with Crippen molar-refractivity contribution in [1.29, 1.82) is 0 Å². The first-order valence-corrected chi connectivity index (χ1v) is 4.80. The van der Waals surface area contributed by atoms with Crippen LogP contribution in [0, 0.1) is 0 Å². The standard InChI is InChI=1S/C9H17N3O2/c1-4-8-10-9(14-11-8)6-12(3)5-7(2)13/h7,13H,4-6H2,1-3H3. The van der Waals surface area contributed by atoms with Gasteiger partial charge >= 0.3 is 0 Å². The Morgan fingerprint density at radius 1 is 1.57 bits per heavy atom. The second-order valence-corrected chi connectivity index (χ2v) is 3.50. The van der Waals surface area contributed by atoms with Crippen molar-refractivity contribution in [3.05, 3.63) is 11.7 Å². The molecule has 0 saturated carbocycles. The lowest BCUT2D eigenvalue weighted by atomic mass is 10.4. The average Bonchev–Trinajstić information content (AvgIpc) is 2.50. The summed E-state index contributed by atoms with van der Waals surface area (Å²) in [6.07, 6.45) is 0.442. The highest BCUT2D eigenvalue weighted by Gasteiger charge is 2.09. The molecule has 14 heavy (non-hydrogen) atoms. The second kappa shape index (κ2) is 5.07. The molecule has 5 heteroatoms. The van der Waals surface area contributed by atoms with Gasteiger partial charge in [-0.15, -0.1) is 0 Å². The van der Waals surface area contributed by atoms with Gasteiger partial charge in [0.1, 0.15) is 0 Å². The Labute approximate surface area is 83.7 Å². The average molecular weight is 199 g/mol. The Kier molecular flexibility index (Phi) is 4.03. The lowest BCUT2D eigenvalue weighted by molar-refractivity contribution is 0.131. The number of aryl methyl sites for hydroxylation is 1. The lowest BCUT2D eigenvalue weighted by Gasteiger charge is -2.15. The first kappa shape index (κ1) is 11.1. The topological polar surface area (TPSA) is 62.4 Å². The Morgan fingerprint density at radius 3 is 2.79 bits per heavy atom. The fourth-order valence-electron chi connectivity index (χ4n) is 1.24. The smallest absolute Gasteiger partial charge is 0.240 e. The second-order valence-electron chi connectivity index (χ2n) is 3.50. The first-order valence-electron chi connectivity index (χ1n) is 4.80. The summed E-state index contributed by atoms with van der Waals surface area (Å²) >= 11 is 0. The Balaban J connectivity index is 2.43. The molecule has 0 radical (unpaired) electrons. The zero-order valence-electron chi connectivity index (χ0n) is 8.90. The molecular weight excluding hydrogens is 182 g/mol. The maximum atomic E-state index is 9.14. The quantitative estimate of drug-likeness (QED) is 0.745. The summed E-state index contributed by atoms with van der Waals surface area (Å²) in [7, 11) is 1.91. The molecule has 0 aliphatic rings. The van der Waals surface area contributed by atoms with Crippen LogP contribution < -0.4 is 0 Å². The predicted octanol–water partition coefficient (Wildman–Crippen LogP) is 0.445. The summed E-state index contributed by atoms with van der Waals surface area (Å²) in [5, 5.41) is 12.9. The third-order valence-electron chi connectivity index (χ3n) is 1.81. The van der Waals surface area contributed by atoms with Crippen LogP contribution in [0.1, 0.15) is 25.6 Å². The Hall–Kier alpha value is -0.940. The monoisotopic (exact) mass is 199 g/mol. The molecule has 80 valence electrons. The van der Waals surface area contributed by atoms with E-state index in [4.69, 9.17) is 9.63 Å². The lowest BCUT2D eigenvalue weighted by Crippen LogP contribution is -2.26. The number of nitrogens with zero attached hydrogens (tertiary/aromatic N) is 3. The van der Waals surface area contributed by atoms with E-state index in [2.05, 4.69) is 10.1 Å². The molecular formula is C9H17N3O2. The third-order valence-corrected chi connectivity index (χ3v) is 1.81. The number of rotatable bonds is 5. The van der Waals surface area contributed by atoms with E-state index in [-0.39, 0.29) is 6.10 Å². The van der Waals surface area contributed by atoms with E-state index in [9.17, 15) is 0 Å². The number of likely N-dealkylation sites (N-methyl/N-ethyl adjacent to an activating group) is 1. The summed E-state index contributed by atoms with van der Waals surface area (Å²) in [4.78, 5) is 6.12. The molecule has 0 amide bonds. The van der Waals surface area contributed by atoms with Crippen molar-refractivity contribution in [1.82, 2.24) is 15.0 Å². The minimum Gasteiger partial charge on any atom is -0.392 e. The number of hydrogen-bond acceptors (Lipinski definition) is 5. The molecule has 5 nitrogen and oxygen atoms in total. The number of aromatic nitrogens is 2. The minimum atomic E-state index is -0.339. The van der Waals surface area contributed by atoms with Crippen LogP contribution in [0.4, 0.5) is 0 Å². The molecule has 1 N–H and O–H groups in total. The highest BCUT2D eigenvalue weighted by atomic mass is 16.5. The van der Waals surface area contributed by atoms with Crippen LogP contribution in [0.5, 0.6) is 0 Å². The van der Waals surface area contributed by atoms with Crippen molar-refractivity contribution in [2.75, 3.05) is 13.6 Å². The molecule has 1 aromatic heterocycles. The van der Waals surface area contributed by atoms with Crippen LogP contribution >= 0.6 is 0 Å². The van der Waals surface area contributed by atoms with Gasteiger partial charge in [0.25, 0.3) is 0 Å². The third kappa shape index (κ3) is 3.43. The molecule has 0 fully saturated rings. The molecule has 1 atom stereocenters. The van der Waals surface area contributed by atoms with Gasteiger partial charge in [0, 0.05) is 13.0 Å². The molecule has 1 heterocycles. The van der Waals surface area contributed by atoms with Gasteiger partial charge < -0.3 is 9.63 Å². The van der Waals surface area contributed by atoms with Crippen LogP contribution in [0.25, 0.3) is 0 Å². The zero-order chi connectivity index (χ0) is 10.6. The molecule has 1 aromatic rings. The zero-order valence-corrected chi connectivity index (χ0v) is 8.90. The summed E-state index contributed by atoms with van der Waals surface area (Å²) < 4.78 is 5.02. The van der Waals surface area contributed by atoms with Crippen LogP contribution in [0.3, 0.4) is 0 Å². The Bertz CT molecular complexity index is 273. The fourth-order valence-corrected chi connectivity index (χ4v) is 1.24. The summed E-state index contributed by atoms with van der Waals surface area (Å²) in [6, 6.07) is 0. The van der Waals surface area contributed by atoms with E-state index >= 15 is 0 Å². The van der Waals surface area contributed by atoms with Gasteiger partial charge in [-0.25, -0.2) is 0 Å². The van der Waals surface area contributed by atoms with E-state index in [0.29, 0.717) is 19.0 Å². The largest absolute Gasteiger partial charge is 0.392 e. The highest BCUT2D eigenvalue weighted by Crippen LogP contribution is 2.01. The molecule has 1 rings (SSSR count). The summed E-state index contributed by atoms with van der Waals surface area (Å²) in [6.45, 7) is 4.91. The Morgan fingerprint density at radius 2 is 2.29 bits per heavy atom. The number of aliphatic hydroxyl groups is 1. The number of hydrogen-bond donors (Lipinski definition) is 1. The van der Waals surface area contributed by atoms with Crippen LogP contribution in [0.15, 0.2) is 4.52 Å². The van der Waals surface area contributed by atoms with Gasteiger partial charge in [-0.1, -0.05) is 12.1 Å². The molecule has 0 bridgehead atoms. The molecule has 0 spiro atoms. The predicted molar refractivity (Wildman–Crippen MR) is 51.7 cm³/mol. The van der Waals surface area contributed by atoms with E-state index < -0.39 is 0 Å². The molecule has 0 aliphatic heterocycles. The van der Waals surface area contributed by atoms with Gasteiger partial charge in [-0.2, -0.15) is 4.98 Å². The van der Waals surface area contributed by atoms with Crippen molar-refractivity contribution in [3.8, 4) is 0 Å². The van der Waals surface area contributed by atoms with E-state index in [0.717, 1.165) is 12.2 Å². The normalized spacial score (nSPS) is 13.5. The van der Waals surface area contributed by atoms with Gasteiger partial charge in [0.05, 0.1) is 12.6 Å². The SMILES string of the molecule is CCc1noc(CN(C)CC(C)O)n1. The molecule has 1 unspecified atom stereocenters. The molecule has 0 aromatic carbocycles. The van der Waals surface area contributed by atoms with E-state index in [1.807, 2.05) is 18.9 Å². The van der Waals surface area contributed by atoms with Crippen molar-refractivity contribution >= 4 is 0 Å². The van der Waals surface area contributed by atoms with Crippen molar-refractivity contribution < 1.29 is 9.63 Å². The number of aliphatic hydroxyl groups excluding tert-OH is 1. The van der Waals surface area contributed by atoms with E-state index in [1.165, 1.54) is 0 Å². The van der Waals surface area contributed by atoms with Crippen LogP contribution in [-0.4, -0.2) is 39.8 Å². The first-order chi connectivity index (χ1) is 6.61. The van der Waals surface area contributed by atoms with Crippen LogP contribution in [-0.2, 0) is 13.0 Å². The minimum absolute atomic E-state index is 0.339. The van der Waals surface area contributed by atoms with Gasteiger partial charge in [0.15, 0.2) is 5.82 Å². The summed E-state index contributed by atoms with van der Waals surface area (Å²) in [5.41, 5.74) is 0. The van der Waals surface area contributed by atoms with Gasteiger partial charge in [0.2, 0.25) is 5.89 Å². The van der Waals surface area contributed by atoms with Gasteiger partial charge in [-0.05, 0) is 14.0 Å². The van der Waals surface area contributed by atoms with Crippen molar-refractivity contribution in [2.24, 2.45) is 0 Å².